The molecule has 0 fully saturated rings. The number of aromatic nitrogens is 7. The first-order valence-electron chi connectivity index (χ1n) is 10.1. The van der Waals surface area contributed by atoms with E-state index < -0.39 is 6.10 Å². The lowest BCUT2D eigenvalue weighted by Crippen LogP contribution is -2.17. The number of rotatable bonds is 6. The van der Waals surface area contributed by atoms with Crippen LogP contribution in [0.2, 0.25) is 0 Å². The number of aliphatic hydroxyl groups excluding tert-OH is 1. The smallest absolute Gasteiger partial charge is 0.204 e. The first-order chi connectivity index (χ1) is 15.1. The van der Waals surface area contributed by atoms with Crippen LogP contribution in [0.1, 0.15) is 18.3 Å². The van der Waals surface area contributed by atoms with Crippen molar-refractivity contribution < 1.29 is 5.11 Å². The maximum absolute atomic E-state index is 9.81. The zero-order valence-corrected chi connectivity index (χ0v) is 17.2. The molecule has 5 aromatic rings. The number of hydrogen-bond acceptors (Lipinski definition) is 7. The van der Waals surface area contributed by atoms with E-state index in [1.165, 1.54) is 4.80 Å². The van der Waals surface area contributed by atoms with Crippen molar-refractivity contribution in [2.45, 2.75) is 19.4 Å². The van der Waals surface area contributed by atoms with Gasteiger partial charge in [-0.1, -0.05) is 30.3 Å². The summed E-state index contributed by atoms with van der Waals surface area (Å²) in [5.41, 5.74) is 3.67. The van der Waals surface area contributed by atoms with Crippen molar-refractivity contribution in [3.05, 3.63) is 59.9 Å². The highest BCUT2D eigenvalue weighted by Crippen LogP contribution is 2.32. The normalized spacial score (nSPS) is 12.5. The minimum Gasteiger partial charge on any atom is -0.392 e. The second kappa shape index (κ2) is 7.77. The molecule has 0 radical (unpaired) electrons. The fourth-order valence-corrected chi connectivity index (χ4v) is 3.61. The number of nitrogens with one attached hydrogen (secondary N) is 2. The lowest BCUT2D eigenvalue weighted by molar-refractivity contribution is 0.208. The van der Waals surface area contributed by atoms with Crippen LogP contribution in [0.15, 0.2) is 48.5 Å². The van der Waals surface area contributed by atoms with Gasteiger partial charge in [0.2, 0.25) is 5.82 Å². The number of aromatic amines is 1. The molecule has 0 aliphatic carbocycles. The zero-order valence-electron chi connectivity index (χ0n) is 17.2. The van der Waals surface area contributed by atoms with Crippen molar-refractivity contribution in [2.75, 3.05) is 11.9 Å². The summed E-state index contributed by atoms with van der Waals surface area (Å²) in [5, 5.41) is 27.3. The van der Waals surface area contributed by atoms with E-state index in [2.05, 4.69) is 37.8 Å². The van der Waals surface area contributed by atoms with Gasteiger partial charge in [0.1, 0.15) is 17.3 Å². The summed E-state index contributed by atoms with van der Waals surface area (Å²) in [6, 6.07) is 16.1. The third kappa shape index (κ3) is 3.82. The second-order valence-corrected chi connectivity index (χ2v) is 7.59. The zero-order chi connectivity index (χ0) is 21.4. The van der Waals surface area contributed by atoms with Crippen molar-refractivity contribution in [1.82, 2.24) is 35.2 Å². The number of hydrogen-bond donors (Lipinski definition) is 3. The minimum absolute atomic E-state index is 0.384. The first kappa shape index (κ1) is 19.1. The standard InChI is InChI=1S/C22H22N8O/c1-13(31)12-23-21-19-16-11-15(20-27-29-30(2)28-20)8-9-17(16)24-22(19)26-18(25-21)10-14-6-4-3-5-7-14/h3-9,11,13,31H,10,12H2,1-2H3,(H2,23,24,25,26). The predicted octanol–water partition coefficient (Wildman–Crippen LogP) is 2.69. The maximum atomic E-state index is 9.81. The highest BCUT2D eigenvalue weighted by atomic mass is 16.3. The van der Waals surface area contributed by atoms with Crippen molar-refractivity contribution in [3.63, 3.8) is 0 Å². The van der Waals surface area contributed by atoms with Gasteiger partial charge in [0.05, 0.1) is 18.5 Å². The molecule has 0 bridgehead atoms. The average Bonchev–Trinajstić information content (AvgIpc) is 3.35. The van der Waals surface area contributed by atoms with Crippen molar-refractivity contribution in [2.24, 2.45) is 7.05 Å². The summed E-state index contributed by atoms with van der Waals surface area (Å²) < 4.78 is 0. The fourth-order valence-electron chi connectivity index (χ4n) is 3.61. The van der Waals surface area contributed by atoms with Gasteiger partial charge >= 0.3 is 0 Å². The van der Waals surface area contributed by atoms with Gasteiger partial charge in [-0.25, -0.2) is 9.97 Å². The topological polar surface area (TPSA) is 117 Å². The Morgan fingerprint density at radius 3 is 2.71 bits per heavy atom. The molecule has 1 atom stereocenters. The van der Waals surface area contributed by atoms with E-state index in [1.807, 2.05) is 36.4 Å². The van der Waals surface area contributed by atoms with Crippen LogP contribution in [-0.4, -0.2) is 52.9 Å². The highest BCUT2D eigenvalue weighted by molar-refractivity contribution is 6.12. The number of tetrazole rings is 1. The largest absolute Gasteiger partial charge is 0.392 e. The Morgan fingerprint density at radius 2 is 1.97 bits per heavy atom. The third-order valence-electron chi connectivity index (χ3n) is 5.03. The lowest BCUT2D eigenvalue weighted by Gasteiger charge is -2.11. The van der Waals surface area contributed by atoms with Crippen LogP contribution in [0.3, 0.4) is 0 Å². The monoisotopic (exact) mass is 414 g/mol. The van der Waals surface area contributed by atoms with Crippen LogP contribution in [0.25, 0.3) is 33.3 Å². The number of aryl methyl sites for hydroxylation is 1. The van der Waals surface area contributed by atoms with Gasteiger partial charge in [0.15, 0.2) is 0 Å². The molecule has 156 valence electrons. The van der Waals surface area contributed by atoms with Gasteiger partial charge in [-0.15, -0.1) is 10.2 Å². The Bertz CT molecular complexity index is 1360. The minimum atomic E-state index is -0.507. The quantitative estimate of drug-likeness (QED) is 0.391. The molecule has 31 heavy (non-hydrogen) atoms. The molecule has 5 rings (SSSR count). The summed E-state index contributed by atoms with van der Waals surface area (Å²) in [6.45, 7) is 2.12. The average molecular weight is 414 g/mol. The fraction of sp³-hybridized carbons (Fsp3) is 0.227. The van der Waals surface area contributed by atoms with Crippen LogP contribution in [-0.2, 0) is 13.5 Å². The molecule has 0 spiro atoms. The number of benzene rings is 2. The Labute approximate surface area is 178 Å². The molecule has 0 saturated heterocycles. The van der Waals surface area contributed by atoms with Crippen molar-refractivity contribution in [3.8, 4) is 11.4 Å². The van der Waals surface area contributed by atoms with E-state index in [0.717, 1.165) is 33.1 Å². The van der Waals surface area contributed by atoms with E-state index in [-0.39, 0.29) is 0 Å². The maximum Gasteiger partial charge on any atom is 0.204 e. The molecular weight excluding hydrogens is 392 g/mol. The summed E-state index contributed by atoms with van der Waals surface area (Å²) in [7, 11) is 1.74. The van der Waals surface area contributed by atoms with E-state index >= 15 is 0 Å². The van der Waals surface area contributed by atoms with Crippen molar-refractivity contribution >= 4 is 27.8 Å². The van der Waals surface area contributed by atoms with Gasteiger partial charge in [-0.05, 0) is 35.9 Å². The van der Waals surface area contributed by atoms with E-state index in [1.54, 1.807) is 14.0 Å². The van der Waals surface area contributed by atoms with E-state index in [4.69, 9.17) is 9.97 Å². The van der Waals surface area contributed by atoms with Gasteiger partial charge in [-0.3, -0.25) is 0 Å². The molecular formula is C22H22N8O. The summed E-state index contributed by atoms with van der Waals surface area (Å²) >= 11 is 0. The number of H-pyrrole nitrogens is 1. The molecule has 9 heteroatoms. The van der Waals surface area contributed by atoms with Gasteiger partial charge in [0, 0.05) is 29.4 Å². The van der Waals surface area contributed by atoms with Crippen LogP contribution in [0, 0.1) is 0 Å². The molecule has 3 heterocycles. The molecule has 3 aromatic heterocycles. The summed E-state index contributed by atoms with van der Waals surface area (Å²) in [4.78, 5) is 14.4. The molecule has 1 unspecified atom stereocenters. The molecule has 0 aliphatic heterocycles. The Balaban J connectivity index is 1.65. The molecule has 3 N–H and O–H groups in total. The number of anilines is 1. The third-order valence-corrected chi connectivity index (χ3v) is 5.03. The SMILES string of the molecule is CC(O)CNc1nc(Cc2ccccc2)nc2[nH]c3ccc(-c4nnn(C)n4)cc3c12. The van der Waals surface area contributed by atoms with Crippen LogP contribution in [0.5, 0.6) is 0 Å². The number of nitrogens with zero attached hydrogens (tertiary/aromatic N) is 6. The summed E-state index contributed by atoms with van der Waals surface area (Å²) in [5.74, 6) is 1.94. The lowest BCUT2D eigenvalue weighted by atomic mass is 10.1. The Morgan fingerprint density at radius 1 is 1.13 bits per heavy atom. The number of fused-ring (bicyclic) bond motifs is 3. The Hall–Kier alpha value is -3.85. The molecule has 9 nitrogen and oxygen atoms in total. The van der Waals surface area contributed by atoms with Crippen LogP contribution < -0.4 is 5.32 Å². The van der Waals surface area contributed by atoms with E-state index in [0.29, 0.717) is 30.4 Å². The van der Waals surface area contributed by atoms with Crippen LogP contribution >= 0.6 is 0 Å². The van der Waals surface area contributed by atoms with Gasteiger partial charge < -0.3 is 15.4 Å². The van der Waals surface area contributed by atoms with Gasteiger partial charge in [0.25, 0.3) is 0 Å². The Kier molecular flexibility index (Phi) is 4.79. The molecule has 0 amide bonds. The van der Waals surface area contributed by atoms with E-state index in [9.17, 15) is 5.11 Å². The number of aliphatic hydroxyl groups is 1. The second-order valence-electron chi connectivity index (χ2n) is 7.59. The molecule has 0 aliphatic rings. The van der Waals surface area contributed by atoms with Gasteiger partial charge in [-0.2, -0.15) is 4.80 Å². The highest BCUT2D eigenvalue weighted by Gasteiger charge is 2.16. The van der Waals surface area contributed by atoms with Crippen molar-refractivity contribution in [1.29, 1.82) is 0 Å². The predicted molar refractivity (Wildman–Crippen MR) is 119 cm³/mol. The molecule has 0 saturated carbocycles. The summed E-state index contributed by atoms with van der Waals surface area (Å²) in [6.07, 6.45) is 0.108. The molecule has 2 aromatic carbocycles. The van der Waals surface area contributed by atoms with Crippen LogP contribution in [0.4, 0.5) is 5.82 Å². The first-order valence-corrected chi connectivity index (χ1v) is 10.1.